The standard InChI is InChI=1S/C27H48N3.3BrH.4H2O/c1-28(13-7-4-8-14-28)22-25-19-26(23-29(2)15-9-5-10-16-29)21-27(20-25)24-30(3)17-11-6-12-18-30;;;;;;;/h19-21H,4-18,22-24H2,1-3H3;3*1H;4*1H2/q+3;;;;;;;/p-3. The fraction of sp³-hybridized carbons (Fsp3) is 0.778. The first-order valence-electron chi connectivity index (χ1n) is 13.0. The van der Waals surface area contributed by atoms with Gasteiger partial charge < -0.3 is 86.3 Å². The molecule has 10 heteroatoms. The second kappa shape index (κ2) is 19.5. The molecule has 0 aliphatic carbocycles. The molecule has 3 heterocycles. The van der Waals surface area contributed by atoms with Gasteiger partial charge in [0, 0.05) is 16.7 Å². The molecule has 3 fully saturated rings. The zero-order valence-electron chi connectivity index (χ0n) is 23.4. The first kappa shape index (κ1) is 44.4. The summed E-state index contributed by atoms with van der Waals surface area (Å²) >= 11 is 0. The number of piperidine rings is 3. The van der Waals surface area contributed by atoms with E-state index in [4.69, 9.17) is 0 Å². The molecule has 3 saturated heterocycles. The summed E-state index contributed by atoms with van der Waals surface area (Å²) in [5, 5.41) is 0. The van der Waals surface area contributed by atoms with Gasteiger partial charge in [-0.05, 0) is 76.0 Å². The molecule has 0 unspecified atom stereocenters. The van der Waals surface area contributed by atoms with Crippen molar-refractivity contribution in [3.8, 4) is 0 Å². The number of hydrogen-bond acceptors (Lipinski definition) is 0. The summed E-state index contributed by atoms with van der Waals surface area (Å²) in [6.07, 6.45) is 12.8. The van der Waals surface area contributed by atoms with Gasteiger partial charge in [-0.15, -0.1) is 0 Å². The van der Waals surface area contributed by atoms with Gasteiger partial charge >= 0.3 is 0 Å². The maximum Gasteiger partial charge on any atom is 0.104 e. The van der Waals surface area contributed by atoms with Crippen LogP contribution in [0.25, 0.3) is 0 Å². The van der Waals surface area contributed by atoms with E-state index >= 15 is 0 Å². The van der Waals surface area contributed by atoms with Gasteiger partial charge in [-0.2, -0.15) is 0 Å². The quantitative estimate of drug-likeness (QED) is 0.259. The Kier molecular flexibility index (Phi) is 23.3. The topological polar surface area (TPSA) is 126 Å². The molecule has 1 aromatic rings. The maximum absolute atomic E-state index is 2.59. The van der Waals surface area contributed by atoms with Crippen molar-refractivity contribution in [3.63, 3.8) is 0 Å². The zero-order valence-corrected chi connectivity index (χ0v) is 28.2. The minimum absolute atomic E-state index is 0. The molecule has 0 amide bonds. The Morgan fingerprint density at radius 1 is 0.405 bits per heavy atom. The second-order valence-electron chi connectivity index (χ2n) is 12.0. The smallest absolute Gasteiger partial charge is 0.104 e. The summed E-state index contributed by atoms with van der Waals surface area (Å²) in [5.41, 5.74) is 4.83. The Morgan fingerprint density at radius 3 is 0.784 bits per heavy atom. The summed E-state index contributed by atoms with van der Waals surface area (Å²) in [6.45, 7) is 11.9. The van der Waals surface area contributed by atoms with E-state index in [9.17, 15) is 0 Å². The van der Waals surface area contributed by atoms with Gasteiger partial charge in [-0.3, -0.25) is 0 Å². The lowest BCUT2D eigenvalue weighted by Gasteiger charge is -2.40. The third-order valence-electron chi connectivity index (χ3n) is 8.49. The number of nitrogens with zero attached hydrogens (tertiary/aromatic N) is 3. The predicted molar refractivity (Wildman–Crippen MR) is 141 cm³/mol. The minimum Gasteiger partial charge on any atom is -1.00 e. The van der Waals surface area contributed by atoms with Crippen LogP contribution < -0.4 is 50.9 Å². The van der Waals surface area contributed by atoms with E-state index in [-0.39, 0.29) is 72.8 Å². The highest BCUT2D eigenvalue weighted by Gasteiger charge is 2.30. The largest absolute Gasteiger partial charge is 1.00 e. The van der Waals surface area contributed by atoms with Crippen LogP contribution >= 0.6 is 0 Å². The Labute approximate surface area is 257 Å². The SMILES string of the molecule is C[N+]1(Cc2cc(C[N+]3(C)CCCCC3)cc(C[N+]3(C)CCCCC3)c2)CCCCC1.O.O.O.O.[Br-].[Br-].[Br-]. The Hall–Kier alpha value is 0.380. The van der Waals surface area contributed by atoms with Crippen LogP contribution in [0.4, 0.5) is 0 Å². The van der Waals surface area contributed by atoms with E-state index in [0.29, 0.717) is 0 Å². The predicted octanol–water partition coefficient (Wildman–Crippen LogP) is -7.21. The lowest BCUT2D eigenvalue weighted by Crippen LogP contribution is -3.00. The van der Waals surface area contributed by atoms with Crippen LogP contribution in [-0.2, 0) is 19.6 Å². The Morgan fingerprint density at radius 2 is 0.595 bits per heavy atom. The van der Waals surface area contributed by atoms with Crippen molar-refractivity contribution in [1.82, 2.24) is 0 Å². The normalized spacial score (nSPS) is 20.8. The van der Waals surface area contributed by atoms with Crippen molar-refractivity contribution in [1.29, 1.82) is 0 Å². The van der Waals surface area contributed by atoms with Gasteiger partial charge in [0.15, 0.2) is 0 Å². The van der Waals surface area contributed by atoms with Crippen molar-refractivity contribution < 1.29 is 86.3 Å². The van der Waals surface area contributed by atoms with Crippen molar-refractivity contribution in [2.45, 2.75) is 77.4 Å². The summed E-state index contributed by atoms with van der Waals surface area (Å²) in [4.78, 5) is 0. The second-order valence-corrected chi connectivity index (χ2v) is 12.0. The Balaban J connectivity index is -0.000000778. The van der Waals surface area contributed by atoms with Crippen molar-refractivity contribution in [2.24, 2.45) is 0 Å². The van der Waals surface area contributed by atoms with Gasteiger partial charge in [0.05, 0.1) is 60.4 Å². The van der Waals surface area contributed by atoms with E-state index in [1.54, 1.807) is 16.7 Å². The van der Waals surface area contributed by atoms with E-state index in [2.05, 4.69) is 39.3 Å². The van der Waals surface area contributed by atoms with E-state index in [1.807, 2.05) is 0 Å². The molecule has 0 aromatic heterocycles. The number of likely N-dealkylation sites (tertiary alicyclic amines) is 3. The van der Waals surface area contributed by atoms with Crippen molar-refractivity contribution in [2.75, 3.05) is 60.4 Å². The molecule has 224 valence electrons. The monoisotopic (exact) mass is 723 g/mol. The summed E-state index contributed by atoms with van der Waals surface area (Å²) in [6, 6.07) is 7.78. The molecule has 0 saturated carbocycles. The van der Waals surface area contributed by atoms with E-state index in [1.165, 1.54) is 130 Å². The zero-order chi connectivity index (χ0) is 21.1. The fourth-order valence-electron chi connectivity index (χ4n) is 6.74. The molecule has 4 rings (SSSR count). The fourth-order valence-corrected chi connectivity index (χ4v) is 6.74. The molecule has 7 nitrogen and oxygen atoms in total. The van der Waals surface area contributed by atoms with Crippen LogP contribution in [0.15, 0.2) is 18.2 Å². The molecule has 3 aliphatic heterocycles. The Bertz CT molecular complexity index is 617. The first-order chi connectivity index (χ1) is 14.4. The summed E-state index contributed by atoms with van der Waals surface area (Å²) in [7, 11) is 7.51. The van der Waals surface area contributed by atoms with Crippen LogP contribution in [0.3, 0.4) is 0 Å². The highest BCUT2D eigenvalue weighted by Crippen LogP contribution is 2.27. The molecular weight excluding hydrogens is 670 g/mol. The lowest BCUT2D eigenvalue weighted by molar-refractivity contribution is -0.928. The first-order valence-corrected chi connectivity index (χ1v) is 13.0. The van der Waals surface area contributed by atoms with Gasteiger partial charge in [0.25, 0.3) is 0 Å². The van der Waals surface area contributed by atoms with Crippen molar-refractivity contribution >= 4 is 0 Å². The average molecular weight is 726 g/mol. The number of rotatable bonds is 6. The molecule has 3 aliphatic rings. The van der Waals surface area contributed by atoms with E-state index in [0.717, 1.165) is 0 Å². The maximum atomic E-state index is 2.59. The average Bonchev–Trinajstić information content (AvgIpc) is 2.68. The lowest BCUT2D eigenvalue weighted by atomic mass is 9.99. The van der Waals surface area contributed by atoms with Gasteiger partial charge in [0.1, 0.15) is 19.6 Å². The molecule has 0 bridgehead atoms. The van der Waals surface area contributed by atoms with Gasteiger partial charge in [0.2, 0.25) is 0 Å². The van der Waals surface area contributed by atoms with Crippen LogP contribution in [0.2, 0.25) is 0 Å². The number of quaternary nitrogens is 3. The van der Waals surface area contributed by atoms with E-state index < -0.39 is 0 Å². The third kappa shape index (κ3) is 13.1. The minimum atomic E-state index is 0. The number of benzene rings is 1. The van der Waals surface area contributed by atoms with Gasteiger partial charge in [-0.25, -0.2) is 0 Å². The molecule has 0 atom stereocenters. The van der Waals surface area contributed by atoms with Crippen LogP contribution in [-0.4, -0.2) is 95.8 Å². The molecule has 37 heavy (non-hydrogen) atoms. The van der Waals surface area contributed by atoms with Crippen molar-refractivity contribution in [3.05, 3.63) is 34.9 Å². The molecular formula is C27H56Br3N3O4. The number of halogens is 3. The van der Waals surface area contributed by atoms with Crippen LogP contribution in [0.1, 0.15) is 74.5 Å². The highest BCUT2D eigenvalue weighted by atomic mass is 79.9. The molecule has 0 radical (unpaired) electrons. The summed E-state index contributed by atoms with van der Waals surface area (Å²) in [5.74, 6) is 0. The number of hydrogen-bond donors (Lipinski definition) is 0. The van der Waals surface area contributed by atoms with Crippen LogP contribution in [0, 0.1) is 0 Å². The molecule has 0 spiro atoms. The summed E-state index contributed by atoms with van der Waals surface area (Å²) < 4.78 is 3.75. The highest BCUT2D eigenvalue weighted by molar-refractivity contribution is 5.29. The molecule has 8 N–H and O–H groups in total. The van der Waals surface area contributed by atoms with Crippen LogP contribution in [0.5, 0.6) is 0 Å². The molecule has 1 aromatic carbocycles. The third-order valence-corrected chi connectivity index (χ3v) is 8.49. The van der Waals surface area contributed by atoms with Gasteiger partial charge in [-0.1, -0.05) is 0 Å².